The molecule has 1 amide bonds. The average molecular weight is 496 g/mol. The number of anilines is 1. The maximum absolute atomic E-state index is 12.7. The van der Waals surface area contributed by atoms with E-state index in [4.69, 9.17) is 9.15 Å². The highest BCUT2D eigenvalue weighted by Gasteiger charge is 2.23. The van der Waals surface area contributed by atoms with Gasteiger partial charge in [0.1, 0.15) is 0 Å². The number of aryl methyl sites for hydroxylation is 2. The number of thioether (sulfide) groups is 1. The van der Waals surface area contributed by atoms with Crippen LogP contribution in [0.3, 0.4) is 0 Å². The molecule has 0 aliphatic carbocycles. The van der Waals surface area contributed by atoms with Crippen LogP contribution in [0.5, 0.6) is 0 Å². The van der Waals surface area contributed by atoms with E-state index in [1.54, 1.807) is 6.26 Å². The van der Waals surface area contributed by atoms with Crippen molar-refractivity contribution >= 4 is 34.1 Å². The van der Waals surface area contributed by atoms with Crippen LogP contribution in [0.1, 0.15) is 24.0 Å². The van der Waals surface area contributed by atoms with E-state index in [9.17, 15) is 4.79 Å². The van der Waals surface area contributed by atoms with Gasteiger partial charge in [0.25, 0.3) is 0 Å². The number of hydrogen-bond donors (Lipinski definition) is 1. The quantitative estimate of drug-likeness (QED) is 0.336. The number of rotatable bonds is 8. The summed E-state index contributed by atoms with van der Waals surface area (Å²) in [6.07, 6.45) is 3.76. The van der Waals surface area contributed by atoms with Crippen LogP contribution in [0.2, 0.25) is 0 Å². The minimum atomic E-state index is -0.141. The monoisotopic (exact) mass is 495 g/mol. The van der Waals surface area contributed by atoms with Crippen molar-refractivity contribution in [3.63, 3.8) is 0 Å². The lowest BCUT2D eigenvalue weighted by Crippen LogP contribution is -2.18. The van der Waals surface area contributed by atoms with E-state index in [1.807, 2.05) is 22.1 Å². The summed E-state index contributed by atoms with van der Waals surface area (Å²) in [7, 11) is 0. The first kappa shape index (κ1) is 22.8. The van der Waals surface area contributed by atoms with Crippen LogP contribution in [-0.4, -0.2) is 44.1 Å². The van der Waals surface area contributed by atoms with Gasteiger partial charge < -0.3 is 14.5 Å². The van der Waals surface area contributed by atoms with Crippen molar-refractivity contribution < 1.29 is 13.9 Å². The second-order valence-corrected chi connectivity index (χ2v) is 10.0. The summed E-state index contributed by atoms with van der Waals surface area (Å²) in [5.41, 5.74) is 4.36. The van der Waals surface area contributed by atoms with E-state index in [1.165, 1.54) is 34.2 Å². The van der Waals surface area contributed by atoms with Gasteiger partial charge in [-0.05, 0) is 56.0 Å². The summed E-state index contributed by atoms with van der Waals surface area (Å²) in [5, 5.41) is 14.7. The van der Waals surface area contributed by atoms with E-state index < -0.39 is 0 Å². The molecule has 0 bridgehead atoms. The van der Waals surface area contributed by atoms with Gasteiger partial charge in [0, 0.05) is 17.6 Å². The lowest BCUT2D eigenvalue weighted by Gasteiger charge is -2.13. The zero-order chi connectivity index (χ0) is 23.5. The normalized spacial score (nSPS) is 15.6. The highest BCUT2D eigenvalue weighted by atomic mass is 32.2. The minimum Gasteiger partial charge on any atom is -0.461 e. The Hall–Kier alpha value is -2.95. The van der Waals surface area contributed by atoms with E-state index in [0.29, 0.717) is 28.4 Å². The number of carbonyl (C=O) groups excluding carboxylic acids is 1. The van der Waals surface area contributed by atoms with Gasteiger partial charge in [-0.25, -0.2) is 4.98 Å². The maximum Gasteiger partial charge on any atom is 0.236 e. The highest BCUT2D eigenvalue weighted by molar-refractivity contribution is 7.99. The molecule has 1 atom stereocenters. The molecule has 10 heteroatoms. The number of benzene rings is 1. The van der Waals surface area contributed by atoms with Gasteiger partial charge in [-0.2, -0.15) is 0 Å². The molecular formula is C24H25N5O3S2. The summed E-state index contributed by atoms with van der Waals surface area (Å²) in [6.45, 7) is 5.56. The molecule has 8 nitrogen and oxygen atoms in total. The van der Waals surface area contributed by atoms with Crippen molar-refractivity contribution in [1.29, 1.82) is 0 Å². The number of furan rings is 1. The van der Waals surface area contributed by atoms with Crippen LogP contribution in [0.25, 0.3) is 22.8 Å². The molecule has 0 spiro atoms. The predicted octanol–water partition coefficient (Wildman–Crippen LogP) is 5.19. The molecule has 1 aliphatic heterocycles. The zero-order valence-electron chi connectivity index (χ0n) is 19.0. The Morgan fingerprint density at radius 2 is 2.18 bits per heavy atom. The molecule has 1 N–H and O–H groups in total. The molecule has 1 aromatic carbocycles. The van der Waals surface area contributed by atoms with Gasteiger partial charge in [0.05, 0.1) is 30.4 Å². The fraction of sp³-hybridized carbons (Fsp3) is 0.333. The molecule has 5 rings (SSSR count). The fourth-order valence-electron chi connectivity index (χ4n) is 3.79. The van der Waals surface area contributed by atoms with E-state index in [0.717, 1.165) is 30.7 Å². The Morgan fingerprint density at radius 1 is 1.26 bits per heavy atom. The lowest BCUT2D eigenvalue weighted by atomic mass is 10.1. The van der Waals surface area contributed by atoms with Gasteiger partial charge in [-0.3, -0.25) is 9.36 Å². The summed E-state index contributed by atoms with van der Waals surface area (Å²) < 4.78 is 13.3. The zero-order valence-corrected chi connectivity index (χ0v) is 20.6. The Morgan fingerprint density at radius 3 is 2.94 bits per heavy atom. The van der Waals surface area contributed by atoms with Crippen LogP contribution in [0.4, 0.5) is 5.13 Å². The van der Waals surface area contributed by atoms with Crippen LogP contribution in [0, 0.1) is 13.8 Å². The van der Waals surface area contributed by atoms with Gasteiger partial charge >= 0.3 is 0 Å². The van der Waals surface area contributed by atoms with Gasteiger partial charge in [-0.15, -0.1) is 21.5 Å². The van der Waals surface area contributed by atoms with Crippen LogP contribution in [-0.2, 0) is 16.1 Å². The molecule has 0 saturated carbocycles. The first-order valence-corrected chi connectivity index (χ1v) is 13.0. The molecule has 1 aliphatic rings. The number of ether oxygens (including phenoxy) is 1. The van der Waals surface area contributed by atoms with Crippen molar-refractivity contribution in [2.75, 3.05) is 17.7 Å². The third kappa shape index (κ3) is 5.08. The molecule has 1 fully saturated rings. The van der Waals surface area contributed by atoms with Gasteiger partial charge in [0.15, 0.2) is 16.0 Å². The highest BCUT2D eigenvalue weighted by Crippen LogP contribution is 2.29. The van der Waals surface area contributed by atoms with E-state index in [2.05, 4.69) is 52.5 Å². The second-order valence-electron chi connectivity index (χ2n) is 8.20. The van der Waals surface area contributed by atoms with Crippen molar-refractivity contribution in [2.24, 2.45) is 0 Å². The molecule has 4 heterocycles. The smallest absolute Gasteiger partial charge is 0.236 e. The maximum atomic E-state index is 12.7. The number of carbonyl (C=O) groups is 1. The third-order valence-corrected chi connectivity index (χ3v) is 7.48. The van der Waals surface area contributed by atoms with Crippen molar-refractivity contribution in [3.05, 3.63) is 53.1 Å². The average Bonchev–Trinajstić information content (AvgIpc) is 3.63. The SMILES string of the molecule is Cc1ccc(-c2csc(NC(=O)CSc3nnc(-c4ccco4)n3C[C@@H]3CCCO3)n2)cc1C. The third-order valence-electron chi connectivity index (χ3n) is 5.75. The van der Waals surface area contributed by atoms with Crippen LogP contribution in [0.15, 0.2) is 51.5 Å². The Labute approximate surface area is 205 Å². The number of nitrogens with zero attached hydrogens (tertiary/aromatic N) is 4. The lowest BCUT2D eigenvalue weighted by molar-refractivity contribution is -0.113. The molecule has 0 unspecified atom stereocenters. The second kappa shape index (κ2) is 10.1. The number of aromatic nitrogens is 4. The van der Waals surface area contributed by atoms with E-state index >= 15 is 0 Å². The van der Waals surface area contributed by atoms with Gasteiger partial charge in [-0.1, -0.05) is 23.9 Å². The molecular weight excluding hydrogens is 470 g/mol. The molecule has 3 aromatic heterocycles. The summed E-state index contributed by atoms with van der Waals surface area (Å²) in [6, 6.07) is 9.93. The Balaban J connectivity index is 1.25. The largest absolute Gasteiger partial charge is 0.461 e. The van der Waals surface area contributed by atoms with Gasteiger partial charge in [0.2, 0.25) is 11.7 Å². The molecule has 4 aromatic rings. The first-order valence-electron chi connectivity index (χ1n) is 11.1. The number of amides is 1. The van der Waals surface area contributed by atoms with Crippen molar-refractivity contribution in [3.8, 4) is 22.8 Å². The summed E-state index contributed by atoms with van der Waals surface area (Å²) in [5.74, 6) is 1.34. The minimum absolute atomic E-state index is 0.108. The Kier molecular flexibility index (Phi) is 6.80. The first-order chi connectivity index (χ1) is 16.6. The molecule has 0 radical (unpaired) electrons. The number of nitrogens with one attached hydrogen (secondary N) is 1. The number of hydrogen-bond acceptors (Lipinski definition) is 8. The summed E-state index contributed by atoms with van der Waals surface area (Å²) in [4.78, 5) is 17.2. The van der Waals surface area contributed by atoms with Crippen molar-refractivity contribution in [1.82, 2.24) is 19.7 Å². The van der Waals surface area contributed by atoms with Crippen molar-refractivity contribution in [2.45, 2.75) is 44.5 Å². The number of thiazole rings is 1. The fourth-order valence-corrected chi connectivity index (χ4v) is 5.27. The standard InChI is InChI=1S/C24H25N5O3S2/c1-15-7-8-17(11-16(15)2)19-13-33-23(25-19)26-21(30)14-34-24-28-27-22(20-6-4-10-32-20)29(24)12-18-5-3-9-31-18/h4,6-8,10-11,13,18H,3,5,9,12,14H2,1-2H3,(H,25,26,30)/t18-/m0/s1. The molecule has 176 valence electrons. The van der Waals surface area contributed by atoms with E-state index in [-0.39, 0.29) is 17.8 Å². The van der Waals surface area contributed by atoms with Crippen LogP contribution < -0.4 is 5.32 Å². The Bertz CT molecular complexity index is 1280. The summed E-state index contributed by atoms with van der Waals surface area (Å²) >= 11 is 2.76. The topological polar surface area (TPSA) is 95.1 Å². The molecule has 1 saturated heterocycles. The van der Waals surface area contributed by atoms with Crippen LogP contribution >= 0.6 is 23.1 Å². The molecule has 34 heavy (non-hydrogen) atoms. The predicted molar refractivity (Wildman–Crippen MR) is 133 cm³/mol.